The largest absolute Gasteiger partial charge is 0.340 e. The highest BCUT2D eigenvalue weighted by molar-refractivity contribution is 7.98. The predicted molar refractivity (Wildman–Crippen MR) is 77.6 cm³/mol. The molecule has 1 rings (SSSR count). The van der Waals surface area contributed by atoms with E-state index < -0.39 is 0 Å². The fraction of sp³-hybridized carbons (Fsp3) is 0.500. The minimum atomic E-state index is -0.370. The summed E-state index contributed by atoms with van der Waals surface area (Å²) in [5, 5.41) is 0. The molecule has 0 bridgehead atoms. The molecule has 100 valence electrons. The van der Waals surface area contributed by atoms with Crippen LogP contribution in [0.3, 0.4) is 0 Å². The molecule has 1 amide bonds. The van der Waals surface area contributed by atoms with Crippen LogP contribution in [0.15, 0.2) is 29.2 Å². The lowest BCUT2D eigenvalue weighted by atomic mass is 10.1. The highest BCUT2D eigenvalue weighted by atomic mass is 32.2. The second-order valence-corrected chi connectivity index (χ2v) is 5.32. The molecule has 3 nitrogen and oxygen atoms in total. The Labute approximate surface area is 114 Å². The Morgan fingerprint density at radius 3 is 2.50 bits per heavy atom. The van der Waals surface area contributed by atoms with E-state index in [1.54, 1.807) is 23.7 Å². The Kier molecular flexibility index (Phi) is 6.22. The van der Waals surface area contributed by atoms with Gasteiger partial charge in [0.1, 0.15) is 0 Å². The number of amides is 1. The summed E-state index contributed by atoms with van der Waals surface area (Å²) in [6.07, 6.45) is 3.73. The van der Waals surface area contributed by atoms with Crippen LogP contribution in [0.25, 0.3) is 0 Å². The normalized spacial score (nSPS) is 12.2. The molecule has 0 aliphatic rings. The van der Waals surface area contributed by atoms with Crippen LogP contribution in [0.1, 0.15) is 25.3 Å². The summed E-state index contributed by atoms with van der Waals surface area (Å²) in [6, 6.07) is 7.89. The Bertz CT molecular complexity index is 378. The van der Waals surface area contributed by atoms with E-state index in [0.29, 0.717) is 6.54 Å². The van der Waals surface area contributed by atoms with Gasteiger partial charge in [0.15, 0.2) is 0 Å². The molecule has 2 N–H and O–H groups in total. The minimum Gasteiger partial charge on any atom is -0.340 e. The molecule has 1 aromatic carbocycles. The van der Waals surface area contributed by atoms with Crippen LogP contribution in [0.2, 0.25) is 0 Å². The van der Waals surface area contributed by atoms with Crippen molar-refractivity contribution in [2.45, 2.75) is 37.2 Å². The molecule has 0 aromatic heterocycles. The van der Waals surface area contributed by atoms with Gasteiger partial charge in [0.25, 0.3) is 0 Å². The van der Waals surface area contributed by atoms with Gasteiger partial charge >= 0.3 is 0 Å². The van der Waals surface area contributed by atoms with Crippen LogP contribution in [-0.2, 0) is 11.3 Å². The number of nitrogens with zero attached hydrogens (tertiary/aromatic N) is 1. The lowest BCUT2D eigenvalue weighted by Gasteiger charge is -2.21. The average Bonchev–Trinajstić information content (AvgIpc) is 2.39. The molecule has 18 heavy (non-hydrogen) atoms. The van der Waals surface area contributed by atoms with Gasteiger partial charge in [-0.2, -0.15) is 0 Å². The van der Waals surface area contributed by atoms with Crippen molar-refractivity contribution in [2.75, 3.05) is 13.3 Å². The number of carbonyl (C=O) groups is 1. The van der Waals surface area contributed by atoms with Gasteiger partial charge in [-0.25, -0.2) is 0 Å². The lowest BCUT2D eigenvalue weighted by molar-refractivity contribution is -0.131. The molecule has 0 saturated heterocycles. The maximum Gasteiger partial charge on any atom is 0.239 e. The fourth-order valence-corrected chi connectivity index (χ4v) is 2.21. The fourth-order valence-electron chi connectivity index (χ4n) is 1.80. The highest BCUT2D eigenvalue weighted by Crippen LogP contribution is 2.15. The molecule has 0 aliphatic carbocycles. The second kappa shape index (κ2) is 7.44. The van der Waals surface area contributed by atoms with Crippen molar-refractivity contribution >= 4 is 17.7 Å². The van der Waals surface area contributed by atoms with Crippen molar-refractivity contribution < 1.29 is 4.79 Å². The summed E-state index contributed by atoms with van der Waals surface area (Å²) in [5.74, 6) is 0.0193. The first-order valence-electron chi connectivity index (χ1n) is 6.22. The molecular formula is C14H22N2OS. The Morgan fingerprint density at radius 2 is 2.00 bits per heavy atom. The zero-order valence-corrected chi connectivity index (χ0v) is 12.2. The predicted octanol–water partition coefficient (Wildman–Crippen LogP) is 2.49. The molecule has 0 spiro atoms. The van der Waals surface area contributed by atoms with E-state index in [4.69, 9.17) is 5.73 Å². The SMILES string of the molecule is CCC[C@@H](N)C(=O)N(C)Cc1ccc(SC)cc1. The number of hydrogen-bond donors (Lipinski definition) is 1. The van der Waals surface area contributed by atoms with Crippen LogP contribution in [0.5, 0.6) is 0 Å². The van der Waals surface area contributed by atoms with Gasteiger partial charge in [0.05, 0.1) is 6.04 Å². The van der Waals surface area contributed by atoms with E-state index >= 15 is 0 Å². The van der Waals surface area contributed by atoms with Gasteiger partial charge in [-0.15, -0.1) is 11.8 Å². The van der Waals surface area contributed by atoms with Crippen molar-refractivity contribution in [3.63, 3.8) is 0 Å². The van der Waals surface area contributed by atoms with Crippen molar-refractivity contribution in [1.29, 1.82) is 0 Å². The Morgan fingerprint density at radius 1 is 1.39 bits per heavy atom. The third kappa shape index (κ3) is 4.35. The van der Waals surface area contributed by atoms with Crippen molar-refractivity contribution in [2.24, 2.45) is 5.73 Å². The number of likely N-dealkylation sites (N-methyl/N-ethyl adjacent to an activating group) is 1. The minimum absolute atomic E-state index is 0.0193. The van der Waals surface area contributed by atoms with E-state index in [1.165, 1.54) is 4.90 Å². The summed E-state index contributed by atoms with van der Waals surface area (Å²) in [6.45, 7) is 2.65. The number of nitrogens with two attached hydrogens (primary N) is 1. The third-order valence-electron chi connectivity index (χ3n) is 2.87. The number of thioether (sulfide) groups is 1. The molecule has 0 unspecified atom stereocenters. The molecular weight excluding hydrogens is 244 g/mol. The van der Waals surface area contributed by atoms with Crippen molar-refractivity contribution in [3.05, 3.63) is 29.8 Å². The molecule has 1 atom stereocenters. The molecule has 0 fully saturated rings. The summed E-state index contributed by atoms with van der Waals surface area (Å²) < 4.78 is 0. The first-order valence-corrected chi connectivity index (χ1v) is 7.44. The molecule has 0 radical (unpaired) electrons. The third-order valence-corrected chi connectivity index (χ3v) is 3.62. The van der Waals surface area contributed by atoms with E-state index in [1.807, 2.05) is 6.92 Å². The summed E-state index contributed by atoms with van der Waals surface area (Å²) in [4.78, 5) is 14.9. The summed E-state index contributed by atoms with van der Waals surface area (Å²) >= 11 is 1.71. The monoisotopic (exact) mass is 266 g/mol. The van der Waals surface area contributed by atoms with Gasteiger partial charge in [-0.1, -0.05) is 25.5 Å². The zero-order chi connectivity index (χ0) is 13.5. The van der Waals surface area contributed by atoms with E-state index in [0.717, 1.165) is 18.4 Å². The van der Waals surface area contributed by atoms with Crippen LogP contribution >= 0.6 is 11.8 Å². The summed E-state index contributed by atoms with van der Waals surface area (Å²) in [7, 11) is 1.81. The Hall–Kier alpha value is -1.00. The second-order valence-electron chi connectivity index (χ2n) is 4.44. The number of benzene rings is 1. The van der Waals surface area contributed by atoms with E-state index in [9.17, 15) is 4.79 Å². The van der Waals surface area contributed by atoms with Crippen LogP contribution in [0, 0.1) is 0 Å². The van der Waals surface area contributed by atoms with Crippen LogP contribution in [0.4, 0.5) is 0 Å². The molecule has 0 aliphatic heterocycles. The van der Waals surface area contributed by atoms with Gasteiger partial charge in [0, 0.05) is 18.5 Å². The number of hydrogen-bond acceptors (Lipinski definition) is 3. The van der Waals surface area contributed by atoms with Crippen LogP contribution < -0.4 is 5.73 Å². The first-order chi connectivity index (χ1) is 8.58. The number of carbonyl (C=O) groups excluding carboxylic acids is 1. The maximum absolute atomic E-state index is 12.0. The molecule has 0 heterocycles. The maximum atomic E-state index is 12.0. The van der Waals surface area contributed by atoms with Crippen molar-refractivity contribution in [1.82, 2.24) is 4.90 Å². The van der Waals surface area contributed by atoms with Gasteiger partial charge in [0.2, 0.25) is 5.91 Å². The number of rotatable bonds is 6. The molecule has 0 saturated carbocycles. The first kappa shape index (κ1) is 15.1. The van der Waals surface area contributed by atoms with Gasteiger partial charge < -0.3 is 10.6 Å². The quantitative estimate of drug-likeness (QED) is 0.805. The van der Waals surface area contributed by atoms with E-state index in [-0.39, 0.29) is 11.9 Å². The van der Waals surface area contributed by atoms with Crippen LogP contribution in [-0.4, -0.2) is 30.2 Å². The molecule has 4 heteroatoms. The topological polar surface area (TPSA) is 46.3 Å². The average molecular weight is 266 g/mol. The molecule has 1 aromatic rings. The van der Waals surface area contributed by atoms with Gasteiger partial charge in [-0.05, 0) is 30.4 Å². The Balaban J connectivity index is 2.57. The lowest BCUT2D eigenvalue weighted by Crippen LogP contribution is -2.41. The van der Waals surface area contributed by atoms with Gasteiger partial charge in [-0.3, -0.25) is 4.79 Å². The summed E-state index contributed by atoms with van der Waals surface area (Å²) in [5.41, 5.74) is 6.97. The standard InChI is InChI=1S/C14H22N2OS/c1-4-5-13(15)14(17)16(2)10-11-6-8-12(18-3)9-7-11/h6-9,13H,4-5,10,15H2,1-3H3/t13-/m1/s1. The smallest absolute Gasteiger partial charge is 0.239 e. The van der Waals surface area contributed by atoms with E-state index in [2.05, 4.69) is 30.5 Å². The highest BCUT2D eigenvalue weighted by Gasteiger charge is 2.16. The zero-order valence-electron chi connectivity index (χ0n) is 11.3. The van der Waals surface area contributed by atoms with Crippen molar-refractivity contribution in [3.8, 4) is 0 Å².